The van der Waals surface area contributed by atoms with Crippen LogP contribution in [0.3, 0.4) is 0 Å². The number of amides is 1. The number of aryl methyl sites for hydroxylation is 1. The molecule has 3 aromatic heterocycles. The number of anilines is 2. The number of alkyl halides is 2. The van der Waals surface area contributed by atoms with E-state index in [1.165, 1.54) is 11.8 Å². The quantitative estimate of drug-likeness (QED) is 0.638. The van der Waals surface area contributed by atoms with Gasteiger partial charge in [0.05, 0.1) is 30.1 Å². The van der Waals surface area contributed by atoms with Crippen molar-refractivity contribution in [3.8, 4) is 11.3 Å². The van der Waals surface area contributed by atoms with Crippen LogP contribution >= 0.6 is 0 Å². The summed E-state index contributed by atoms with van der Waals surface area (Å²) in [5.74, 6) is -3.13. The number of nitrogens with one attached hydrogen (secondary N) is 1. The van der Waals surface area contributed by atoms with Crippen molar-refractivity contribution in [1.82, 2.24) is 15.0 Å². The minimum absolute atomic E-state index is 0.0408. The molecule has 1 saturated heterocycles. The topological polar surface area (TPSA) is 97.1 Å². The van der Waals surface area contributed by atoms with Gasteiger partial charge in [-0.1, -0.05) is 6.58 Å². The first-order valence-electron chi connectivity index (χ1n) is 9.37. The highest BCUT2D eigenvalue weighted by Crippen LogP contribution is 2.41. The molecule has 4 heterocycles. The second-order valence-electron chi connectivity index (χ2n) is 7.31. The van der Waals surface area contributed by atoms with Gasteiger partial charge in [0, 0.05) is 22.8 Å². The van der Waals surface area contributed by atoms with Gasteiger partial charge < -0.3 is 15.5 Å². The Morgan fingerprint density at radius 2 is 2.17 bits per heavy atom. The molecule has 9 heteroatoms. The highest BCUT2D eigenvalue weighted by molar-refractivity contribution is 5.97. The van der Waals surface area contributed by atoms with Gasteiger partial charge >= 0.3 is 0 Å². The standard InChI is InChI=1S/C21H21F2N5O2/c1-11(2)21(22,23)18-12(3)26-19-14(18)8-13(9-25-19)16-5-4-15(24)20(27-16)28-6-7-30-10-17(28)29/h4-5,8-9H,1,6-7,10,24H2,2-3H3,(H,25,26). The highest BCUT2D eigenvalue weighted by atomic mass is 19.3. The molecule has 0 saturated carbocycles. The number of hydrogen-bond donors (Lipinski definition) is 2. The lowest BCUT2D eigenvalue weighted by atomic mass is 9.99. The van der Waals surface area contributed by atoms with Crippen molar-refractivity contribution in [3.05, 3.63) is 47.8 Å². The zero-order chi connectivity index (χ0) is 21.6. The molecule has 156 valence electrons. The largest absolute Gasteiger partial charge is 0.396 e. The van der Waals surface area contributed by atoms with Gasteiger partial charge in [-0.2, -0.15) is 8.78 Å². The number of halogens is 2. The van der Waals surface area contributed by atoms with E-state index < -0.39 is 5.92 Å². The molecule has 3 N–H and O–H groups in total. The second-order valence-corrected chi connectivity index (χ2v) is 7.31. The molecule has 0 aromatic carbocycles. The fraction of sp³-hybridized carbons (Fsp3) is 0.286. The molecular formula is C21H21F2N5O2. The fourth-order valence-corrected chi connectivity index (χ4v) is 3.53. The molecule has 0 atom stereocenters. The maximum Gasteiger partial charge on any atom is 0.296 e. The van der Waals surface area contributed by atoms with E-state index in [1.807, 2.05) is 0 Å². The Labute approximate surface area is 171 Å². The number of nitrogen functional groups attached to an aromatic ring is 1. The van der Waals surface area contributed by atoms with E-state index in [2.05, 4.69) is 21.5 Å². The molecule has 0 unspecified atom stereocenters. The Bertz CT molecular complexity index is 1170. The number of aromatic amines is 1. The molecule has 1 aliphatic rings. The third-order valence-electron chi connectivity index (χ3n) is 5.13. The number of pyridine rings is 2. The third-order valence-corrected chi connectivity index (χ3v) is 5.13. The van der Waals surface area contributed by atoms with Gasteiger partial charge in [0.1, 0.15) is 12.3 Å². The van der Waals surface area contributed by atoms with Crippen LogP contribution in [0.15, 0.2) is 36.5 Å². The van der Waals surface area contributed by atoms with E-state index >= 15 is 0 Å². The zero-order valence-electron chi connectivity index (χ0n) is 16.6. The van der Waals surface area contributed by atoms with E-state index in [-0.39, 0.29) is 23.7 Å². The van der Waals surface area contributed by atoms with Crippen LogP contribution in [-0.2, 0) is 15.5 Å². The van der Waals surface area contributed by atoms with Crippen LogP contribution in [0.5, 0.6) is 0 Å². The summed E-state index contributed by atoms with van der Waals surface area (Å²) in [6, 6.07) is 4.92. The average Bonchev–Trinajstić information content (AvgIpc) is 3.04. The third kappa shape index (κ3) is 3.21. The van der Waals surface area contributed by atoms with Crippen LogP contribution in [0.4, 0.5) is 20.3 Å². The van der Waals surface area contributed by atoms with Crippen molar-refractivity contribution in [2.45, 2.75) is 19.8 Å². The average molecular weight is 413 g/mol. The van der Waals surface area contributed by atoms with Crippen LogP contribution < -0.4 is 10.6 Å². The summed E-state index contributed by atoms with van der Waals surface area (Å²) in [6.07, 6.45) is 1.55. The van der Waals surface area contributed by atoms with Crippen LogP contribution in [-0.4, -0.2) is 40.6 Å². The van der Waals surface area contributed by atoms with E-state index in [4.69, 9.17) is 10.5 Å². The lowest BCUT2D eigenvalue weighted by molar-refractivity contribution is -0.125. The number of morpholine rings is 1. The first kappa shape index (κ1) is 20.0. The Morgan fingerprint density at radius 1 is 1.40 bits per heavy atom. The first-order chi connectivity index (χ1) is 14.2. The number of ether oxygens (including phenoxy) is 1. The van der Waals surface area contributed by atoms with Crippen LogP contribution in [0.2, 0.25) is 0 Å². The Morgan fingerprint density at radius 3 is 2.87 bits per heavy atom. The predicted molar refractivity (Wildman–Crippen MR) is 110 cm³/mol. The summed E-state index contributed by atoms with van der Waals surface area (Å²) in [6.45, 7) is 6.98. The van der Waals surface area contributed by atoms with Crippen molar-refractivity contribution >= 4 is 28.4 Å². The summed E-state index contributed by atoms with van der Waals surface area (Å²) >= 11 is 0. The molecule has 1 aliphatic heterocycles. The molecule has 1 fully saturated rings. The molecular weight excluding hydrogens is 392 g/mol. The van der Waals surface area contributed by atoms with E-state index in [9.17, 15) is 13.6 Å². The second kappa shape index (κ2) is 7.17. The smallest absolute Gasteiger partial charge is 0.296 e. The van der Waals surface area contributed by atoms with Crippen molar-refractivity contribution < 1.29 is 18.3 Å². The summed E-state index contributed by atoms with van der Waals surface area (Å²) in [5, 5.41) is 0.292. The molecule has 7 nitrogen and oxygen atoms in total. The van der Waals surface area contributed by atoms with Gasteiger partial charge in [-0.25, -0.2) is 9.97 Å². The normalized spacial score (nSPS) is 15.1. The number of rotatable bonds is 4. The van der Waals surface area contributed by atoms with Gasteiger partial charge in [-0.05, 0) is 37.6 Å². The van der Waals surface area contributed by atoms with Crippen molar-refractivity contribution in [2.24, 2.45) is 0 Å². The summed E-state index contributed by atoms with van der Waals surface area (Å²) in [7, 11) is 0. The number of H-pyrrole nitrogens is 1. The van der Waals surface area contributed by atoms with Crippen molar-refractivity contribution in [1.29, 1.82) is 0 Å². The lowest BCUT2D eigenvalue weighted by Gasteiger charge is -2.27. The number of nitrogens with two attached hydrogens (primary N) is 1. The molecule has 1 amide bonds. The van der Waals surface area contributed by atoms with E-state index in [0.29, 0.717) is 52.6 Å². The molecule has 30 heavy (non-hydrogen) atoms. The maximum atomic E-state index is 14.8. The predicted octanol–water partition coefficient (Wildman–Crippen LogP) is 3.55. The van der Waals surface area contributed by atoms with Gasteiger partial charge in [0.15, 0.2) is 5.82 Å². The maximum absolute atomic E-state index is 14.8. The van der Waals surface area contributed by atoms with E-state index in [0.717, 1.165) is 0 Å². The number of hydrogen-bond acceptors (Lipinski definition) is 5. The Balaban J connectivity index is 1.83. The van der Waals surface area contributed by atoms with Gasteiger partial charge in [0.25, 0.3) is 11.8 Å². The van der Waals surface area contributed by atoms with Crippen LogP contribution in [0.1, 0.15) is 18.2 Å². The van der Waals surface area contributed by atoms with Gasteiger partial charge in [-0.3, -0.25) is 9.69 Å². The number of carbonyl (C=O) groups excluding carboxylic acids is 1. The zero-order valence-corrected chi connectivity index (χ0v) is 16.6. The van der Waals surface area contributed by atoms with Crippen LogP contribution in [0.25, 0.3) is 22.3 Å². The number of carbonyl (C=O) groups is 1. The molecule has 0 radical (unpaired) electrons. The summed E-state index contributed by atoms with van der Waals surface area (Å²) < 4.78 is 34.8. The molecule has 0 aliphatic carbocycles. The van der Waals surface area contributed by atoms with Crippen LogP contribution in [0, 0.1) is 6.92 Å². The highest BCUT2D eigenvalue weighted by Gasteiger charge is 2.37. The molecule has 4 rings (SSSR count). The Hall–Kier alpha value is -3.33. The number of nitrogens with zero attached hydrogens (tertiary/aromatic N) is 3. The lowest BCUT2D eigenvalue weighted by Crippen LogP contribution is -2.42. The SMILES string of the molecule is C=C(C)C(F)(F)c1c(C)[nH]c2ncc(-c3ccc(N)c(N4CCOCC4=O)n3)cc12. The summed E-state index contributed by atoms with van der Waals surface area (Å²) in [5.41, 5.74) is 7.65. The minimum Gasteiger partial charge on any atom is -0.396 e. The molecule has 0 bridgehead atoms. The van der Waals surface area contributed by atoms with E-state index in [1.54, 1.807) is 31.3 Å². The Kier molecular flexibility index (Phi) is 4.77. The number of fused-ring (bicyclic) bond motifs is 1. The fourth-order valence-electron chi connectivity index (χ4n) is 3.53. The van der Waals surface area contributed by atoms with Crippen molar-refractivity contribution in [3.63, 3.8) is 0 Å². The first-order valence-corrected chi connectivity index (χ1v) is 9.37. The monoisotopic (exact) mass is 413 g/mol. The van der Waals surface area contributed by atoms with Gasteiger partial charge in [0.2, 0.25) is 0 Å². The number of aromatic nitrogens is 3. The van der Waals surface area contributed by atoms with Gasteiger partial charge in [-0.15, -0.1) is 0 Å². The van der Waals surface area contributed by atoms with Crippen molar-refractivity contribution in [2.75, 3.05) is 30.4 Å². The number of allylic oxidation sites excluding steroid dienone is 1. The summed E-state index contributed by atoms with van der Waals surface area (Å²) in [4.78, 5) is 25.4. The molecule has 0 spiro atoms. The minimum atomic E-state index is -3.21. The molecule has 3 aromatic rings.